The van der Waals surface area contributed by atoms with Gasteiger partial charge in [0.1, 0.15) is 5.82 Å². The summed E-state index contributed by atoms with van der Waals surface area (Å²) in [5.41, 5.74) is 1.29. The molecule has 0 amide bonds. The monoisotopic (exact) mass is 525 g/mol. The Hall–Kier alpha value is -1.22. The average molecular weight is 526 g/mol. The summed E-state index contributed by atoms with van der Waals surface area (Å²) in [6.45, 7) is 3.74. The summed E-state index contributed by atoms with van der Waals surface area (Å²) in [6, 6.07) is 10.5. The number of nitrogens with zero attached hydrogens (tertiary/aromatic N) is 4. The van der Waals surface area contributed by atoms with Crippen LogP contribution in [0.2, 0.25) is 0 Å². The summed E-state index contributed by atoms with van der Waals surface area (Å²) in [5.74, 6) is 3.26. The minimum atomic E-state index is 0. The maximum Gasteiger partial charge on any atom is 0.194 e. The fourth-order valence-corrected chi connectivity index (χ4v) is 6.02. The maximum atomic E-state index is 4.59. The molecule has 0 unspecified atom stereocenters. The van der Waals surface area contributed by atoms with Gasteiger partial charge in [0.05, 0.1) is 6.54 Å². The molecule has 2 heterocycles. The first kappa shape index (κ1) is 22.5. The minimum Gasteiger partial charge on any atom is -0.349 e. The van der Waals surface area contributed by atoms with E-state index in [9.17, 15) is 0 Å². The Kier molecular flexibility index (Phi) is 8.29. The molecule has 1 saturated heterocycles. The van der Waals surface area contributed by atoms with E-state index in [1.54, 1.807) is 0 Å². The first-order valence-corrected chi connectivity index (χ1v) is 11.4. The molecule has 1 aromatic heterocycles. The van der Waals surface area contributed by atoms with E-state index in [0.29, 0.717) is 11.3 Å². The standard InChI is InChI=1S/C22H31N5S.HI/c1-23-21(27-14-15-28-22(18-27)10-6-3-7-11-22)25-16-20-24-12-13-26(20)17-19-8-4-2-5-9-19;/h2,4-5,8-9,12-13H,3,6-7,10-11,14-18H2,1H3,(H,23,25);1H. The van der Waals surface area contributed by atoms with Crippen molar-refractivity contribution >= 4 is 41.7 Å². The second-order valence-corrected chi connectivity index (χ2v) is 9.43. The van der Waals surface area contributed by atoms with Crippen molar-refractivity contribution in [1.29, 1.82) is 0 Å². The third-order valence-electron chi connectivity index (χ3n) is 5.93. The van der Waals surface area contributed by atoms with Crippen molar-refractivity contribution < 1.29 is 0 Å². The highest BCUT2D eigenvalue weighted by molar-refractivity contribution is 14.0. The third kappa shape index (κ3) is 5.69. The number of hydrogen-bond donors (Lipinski definition) is 1. The summed E-state index contributed by atoms with van der Waals surface area (Å²) < 4.78 is 2.66. The van der Waals surface area contributed by atoms with Crippen LogP contribution in [0.3, 0.4) is 0 Å². The van der Waals surface area contributed by atoms with Crippen LogP contribution in [-0.2, 0) is 13.1 Å². The zero-order valence-electron chi connectivity index (χ0n) is 17.2. The molecule has 0 radical (unpaired) electrons. The van der Waals surface area contributed by atoms with Gasteiger partial charge in [-0.1, -0.05) is 49.6 Å². The van der Waals surface area contributed by atoms with Gasteiger partial charge in [0.15, 0.2) is 5.96 Å². The van der Waals surface area contributed by atoms with Gasteiger partial charge in [-0.05, 0) is 18.4 Å². The van der Waals surface area contributed by atoms with Crippen molar-refractivity contribution in [3.05, 3.63) is 54.1 Å². The van der Waals surface area contributed by atoms with Crippen LogP contribution >= 0.6 is 35.7 Å². The topological polar surface area (TPSA) is 45.5 Å². The lowest BCUT2D eigenvalue weighted by Gasteiger charge is -2.45. The van der Waals surface area contributed by atoms with Crippen LogP contribution in [-0.4, -0.2) is 51.0 Å². The normalized spacial score (nSPS) is 19.1. The average Bonchev–Trinajstić information content (AvgIpc) is 3.17. The van der Waals surface area contributed by atoms with E-state index < -0.39 is 0 Å². The van der Waals surface area contributed by atoms with E-state index in [0.717, 1.165) is 31.4 Å². The molecule has 0 bridgehead atoms. The molecule has 4 rings (SSSR count). The zero-order valence-corrected chi connectivity index (χ0v) is 20.4. The number of guanidine groups is 1. The van der Waals surface area contributed by atoms with Crippen LogP contribution in [0.5, 0.6) is 0 Å². The molecule has 5 nitrogen and oxygen atoms in total. The Morgan fingerprint density at radius 1 is 1.21 bits per heavy atom. The van der Waals surface area contributed by atoms with Gasteiger partial charge in [0.2, 0.25) is 0 Å². The van der Waals surface area contributed by atoms with Crippen molar-refractivity contribution in [3.8, 4) is 0 Å². The van der Waals surface area contributed by atoms with Gasteiger partial charge >= 0.3 is 0 Å². The molecular formula is C22H32IN5S. The molecule has 2 fully saturated rings. The number of aliphatic imine (C=N–C) groups is 1. The Bertz CT molecular complexity index is 780. The number of benzene rings is 1. The van der Waals surface area contributed by atoms with Crippen molar-refractivity contribution in [2.45, 2.75) is 49.9 Å². The number of nitrogens with one attached hydrogen (secondary N) is 1. The molecule has 1 spiro atoms. The van der Waals surface area contributed by atoms with Gasteiger partial charge in [-0.25, -0.2) is 4.98 Å². The number of rotatable bonds is 4. The molecule has 2 aliphatic rings. The van der Waals surface area contributed by atoms with E-state index >= 15 is 0 Å². The van der Waals surface area contributed by atoms with Crippen LogP contribution in [0.15, 0.2) is 47.7 Å². The van der Waals surface area contributed by atoms with E-state index in [-0.39, 0.29) is 24.0 Å². The SMILES string of the molecule is CN=C(NCc1nccn1Cc1ccccc1)N1CCSC2(CCCCC2)C1.I. The predicted octanol–water partition coefficient (Wildman–Crippen LogP) is 4.38. The van der Waals surface area contributed by atoms with Crippen molar-refractivity contribution in [3.63, 3.8) is 0 Å². The molecule has 29 heavy (non-hydrogen) atoms. The van der Waals surface area contributed by atoms with E-state index in [1.165, 1.54) is 43.4 Å². The van der Waals surface area contributed by atoms with Crippen LogP contribution in [0.4, 0.5) is 0 Å². The smallest absolute Gasteiger partial charge is 0.194 e. The molecule has 1 aromatic carbocycles. The van der Waals surface area contributed by atoms with Crippen LogP contribution in [0, 0.1) is 0 Å². The van der Waals surface area contributed by atoms with Gasteiger partial charge in [0.25, 0.3) is 0 Å². The Morgan fingerprint density at radius 3 is 2.76 bits per heavy atom. The summed E-state index contributed by atoms with van der Waals surface area (Å²) in [5, 5.41) is 3.57. The molecule has 2 aromatic rings. The first-order valence-electron chi connectivity index (χ1n) is 10.4. The number of imidazole rings is 1. The van der Waals surface area contributed by atoms with E-state index in [1.807, 2.05) is 13.2 Å². The highest BCUT2D eigenvalue weighted by Crippen LogP contribution is 2.42. The zero-order chi connectivity index (χ0) is 19.2. The van der Waals surface area contributed by atoms with E-state index in [4.69, 9.17) is 0 Å². The molecule has 1 aliphatic carbocycles. The highest BCUT2D eigenvalue weighted by Gasteiger charge is 2.38. The van der Waals surface area contributed by atoms with Crippen LogP contribution in [0.1, 0.15) is 43.5 Å². The molecule has 7 heteroatoms. The van der Waals surface area contributed by atoms with Crippen LogP contribution in [0.25, 0.3) is 0 Å². The number of thioether (sulfide) groups is 1. The summed E-state index contributed by atoms with van der Waals surface area (Å²) in [4.78, 5) is 11.6. The lowest BCUT2D eigenvalue weighted by atomic mass is 9.87. The fourth-order valence-electron chi connectivity index (χ4n) is 4.45. The van der Waals surface area contributed by atoms with E-state index in [2.05, 4.69) is 73.1 Å². The van der Waals surface area contributed by atoms with Gasteiger partial charge in [-0.15, -0.1) is 24.0 Å². The van der Waals surface area contributed by atoms with Gasteiger partial charge in [0, 0.05) is 49.6 Å². The van der Waals surface area contributed by atoms with Gasteiger partial charge in [-0.3, -0.25) is 4.99 Å². The molecule has 1 aliphatic heterocycles. The highest BCUT2D eigenvalue weighted by atomic mass is 127. The largest absolute Gasteiger partial charge is 0.349 e. The van der Waals surface area contributed by atoms with Crippen molar-refractivity contribution in [2.75, 3.05) is 25.9 Å². The minimum absolute atomic E-state index is 0. The predicted molar refractivity (Wildman–Crippen MR) is 133 cm³/mol. The van der Waals surface area contributed by atoms with Crippen LogP contribution < -0.4 is 5.32 Å². The number of halogens is 1. The summed E-state index contributed by atoms with van der Waals surface area (Å²) >= 11 is 2.20. The quantitative estimate of drug-likeness (QED) is 0.366. The second-order valence-electron chi connectivity index (χ2n) is 7.87. The Balaban J connectivity index is 0.00000240. The molecule has 0 atom stereocenters. The van der Waals surface area contributed by atoms with Gasteiger partial charge in [-0.2, -0.15) is 11.8 Å². The summed E-state index contributed by atoms with van der Waals surface area (Å²) in [7, 11) is 1.90. The summed E-state index contributed by atoms with van der Waals surface area (Å²) in [6.07, 6.45) is 10.8. The number of aromatic nitrogens is 2. The van der Waals surface area contributed by atoms with Crippen molar-refractivity contribution in [2.24, 2.45) is 4.99 Å². The first-order chi connectivity index (χ1) is 13.8. The fraction of sp³-hybridized carbons (Fsp3) is 0.545. The lowest BCUT2D eigenvalue weighted by Crippen LogP contribution is -2.53. The maximum absolute atomic E-state index is 4.59. The molecular weight excluding hydrogens is 493 g/mol. The molecule has 1 saturated carbocycles. The third-order valence-corrected chi connectivity index (χ3v) is 7.46. The second kappa shape index (κ2) is 10.7. The van der Waals surface area contributed by atoms with Crippen molar-refractivity contribution in [1.82, 2.24) is 19.8 Å². The number of hydrogen-bond acceptors (Lipinski definition) is 3. The van der Waals surface area contributed by atoms with Gasteiger partial charge < -0.3 is 14.8 Å². The Morgan fingerprint density at radius 2 is 2.00 bits per heavy atom. The molecule has 158 valence electrons. The Labute approximate surface area is 195 Å². The molecule has 1 N–H and O–H groups in total. The lowest BCUT2D eigenvalue weighted by molar-refractivity contribution is 0.293.